The molecule has 172 valence electrons. The van der Waals surface area contributed by atoms with Crippen LogP contribution in [0.4, 0.5) is 0 Å². The lowest BCUT2D eigenvalue weighted by Gasteiger charge is -2.32. The molecule has 4 aliphatic heterocycles. The second kappa shape index (κ2) is 9.29. The Bertz CT molecular complexity index is 890. The summed E-state index contributed by atoms with van der Waals surface area (Å²) in [6, 6.07) is 5.49. The van der Waals surface area contributed by atoms with Crippen molar-refractivity contribution in [3.63, 3.8) is 0 Å². The van der Waals surface area contributed by atoms with E-state index in [9.17, 15) is 14.4 Å². The van der Waals surface area contributed by atoms with Crippen LogP contribution in [-0.2, 0) is 27.4 Å². The highest BCUT2D eigenvalue weighted by Gasteiger charge is 2.39. The number of rotatable bonds is 6. The molecule has 0 bridgehead atoms. The fraction of sp³-hybridized carbons (Fsp3) is 0.625. The molecule has 0 radical (unpaired) electrons. The van der Waals surface area contributed by atoms with E-state index in [1.807, 2.05) is 12.1 Å². The lowest BCUT2D eigenvalue weighted by molar-refractivity contribution is -0.136. The van der Waals surface area contributed by atoms with Gasteiger partial charge in [0.25, 0.3) is 5.91 Å². The van der Waals surface area contributed by atoms with E-state index in [4.69, 9.17) is 4.74 Å². The largest absolute Gasteiger partial charge is 0.377 e. The summed E-state index contributed by atoms with van der Waals surface area (Å²) in [5.41, 5.74) is 2.86. The molecule has 3 fully saturated rings. The summed E-state index contributed by atoms with van der Waals surface area (Å²) in [7, 11) is 0. The normalized spacial score (nSPS) is 27.1. The van der Waals surface area contributed by atoms with Gasteiger partial charge in [0, 0.05) is 38.2 Å². The Hall–Kier alpha value is -2.29. The Labute approximate surface area is 188 Å². The molecule has 2 atom stereocenters. The number of hydrogen-bond acceptors (Lipinski definition) is 6. The average Bonchev–Trinajstić information content (AvgIpc) is 3.41. The standard InChI is InChI=1S/C24H32N4O4/c29-22-4-3-21(23(30)26-22)28-14-18-11-17(1-2-20(18)24(28)31)13-27-9-6-16(7-10-27)15-32-19-5-8-25-12-19/h1-2,11,16,19,21,25H,3-10,12-15H2,(H,26,29,30). The Morgan fingerprint density at radius 3 is 2.66 bits per heavy atom. The number of piperidine rings is 2. The second-order valence-corrected chi connectivity index (χ2v) is 9.56. The van der Waals surface area contributed by atoms with Gasteiger partial charge in [0.1, 0.15) is 6.04 Å². The summed E-state index contributed by atoms with van der Waals surface area (Å²) >= 11 is 0. The maximum Gasteiger partial charge on any atom is 0.255 e. The van der Waals surface area contributed by atoms with Crippen molar-refractivity contribution in [2.75, 3.05) is 32.8 Å². The minimum absolute atomic E-state index is 0.112. The summed E-state index contributed by atoms with van der Waals surface area (Å²) in [5.74, 6) is -0.0897. The van der Waals surface area contributed by atoms with Crippen LogP contribution in [0.1, 0.15) is 53.6 Å². The van der Waals surface area contributed by atoms with E-state index in [2.05, 4.69) is 21.6 Å². The van der Waals surface area contributed by atoms with Gasteiger partial charge in [0.15, 0.2) is 0 Å². The smallest absolute Gasteiger partial charge is 0.255 e. The molecule has 0 aromatic heterocycles. The third kappa shape index (κ3) is 4.58. The number of nitrogens with zero attached hydrogens (tertiary/aromatic N) is 2. The van der Waals surface area contributed by atoms with E-state index < -0.39 is 6.04 Å². The lowest BCUT2D eigenvalue weighted by atomic mass is 9.97. The molecule has 5 rings (SSSR count). The number of carbonyl (C=O) groups is 3. The predicted molar refractivity (Wildman–Crippen MR) is 118 cm³/mol. The fourth-order valence-electron chi connectivity index (χ4n) is 5.34. The number of likely N-dealkylation sites (tertiary alicyclic amines) is 1. The topological polar surface area (TPSA) is 91.0 Å². The Morgan fingerprint density at radius 2 is 1.91 bits per heavy atom. The molecule has 4 aliphatic rings. The lowest BCUT2D eigenvalue weighted by Crippen LogP contribution is -2.52. The Kier molecular flexibility index (Phi) is 6.26. The van der Waals surface area contributed by atoms with E-state index >= 15 is 0 Å². The van der Waals surface area contributed by atoms with Gasteiger partial charge in [-0.15, -0.1) is 0 Å². The second-order valence-electron chi connectivity index (χ2n) is 9.56. The first-order valence-electron chi connectivity index (χ1n) is 11.9. The highest BCUT2D eigenvalue weighted by Crippen LogP contribution is 2.29. The maximum absolute atomic E-state index is 12.9. The Morgan fingerprint density at radius 1 is 1.06 bits per heavy atom. The molecule has 4 heterocycles. The molecule has 8 heteroatoms. The van der Waals surface area contributed by atoms with Crippen molar-refractivity contribution in [2.45, 2.75) is 57.3 Å². The SMILES string of the molecule is O=C1CCC(N2Cc3cc(CN4CCC(COC5CCNC5)CC4)ccc3C2=O)C(=O)N1. The molecule has 1 aromatic carbocycles. The van der Waals surface area contributed by atoms with Crippen LogP contribution >= 0.6 is 0 Å². The first-order chi connectivity index (χ1) is 15.6. The van der Waals surface area contributed by atoms with Crippen LogP contribution in [0.25, 0.3) is 0 Å². The zero-order chi connectivity index (χ0) is 22.1. The van der Waals surface area contributed by atoms with Gasteiger partial charge in [0.2, 0.25) is 11.8 Å². The van der Waals surface area contributed by atoms with Crippen molar-refractivity contribution in [1.82, 2.24) is 20.4 Å². The number of nitrogens with one attached hydrogen (secondary N) is 2. The number of ether oxygens (including phenoxy) is 1. The molecule has 0 aliphatic carbocycles. The summed E-state index contributed by atoms with van der Waals surface area (Å²) in [6.45, 7) is 6.37. The van der Waals surface area contributed by atoms with E-state index in [1.165, 1.54) is 5.56 Å². The number of hydrogen-bond donors (Lipinski definition) is 2. The van der Waals surface area contributed by atoms with Crippen LogP contribution in [0.2, 0.25) is 0 Å². The summed E-state index contributed by atoms with van der Waals surface area (Å²) in [5, 5.41) is 5.71. The van der Waals surface area contributed by atoms with Gasteiger partial charge < -0.3 is 15.0 Å². The minimum atomic E-state index is -0.558. The quantitative estimate of drug-likeness (QED) is 0.643. The van der Waals surface area contributed by atoms with Crippen LogP contribution in [0.5, 0.6) is 0 Å². The van der Waals surface area contributed by atoms with Gasteiger partial charge in [-0.2, -0.15) is 0 Å². The van der Waals surface area contributed by atoms with Crippen molar-refractivity contribution in [2.24, 2.45) is 5.92 Å². The first-order valence-corrected chi connectivity index (χ1v) is 11.9. The van der Waals surface area contributed by atoms with Gasteiger partial charge in [-0.1, -0.05) is 12.1 Å². The van der Waals surface area contributed by atoms with Gasteiger partial charge >= 0.3 is 0 Å². The third-order valence-corrected chi connectivity index (χ3v) is 7.28. The summed E-state index contributed by atoms with van der Waals surface area (Å²) in [4.78, 5) is 40.6. The molecule has 3 amide bonds. The zero-order valence-electron chi connectivity index (χ0n) is 18.5. The van der Waals surface area contributed by atoms with Crippen LogP contribution < -0.4 is 10.6 Å². The highest BCUT2D eigenvalue weighted by atomic mass is 16.5. The van der Waals surface area contributed by atoms with Crippen molar-refractivity contribution < 1.29 is 19.1 Å². The zero-order valence-corrected chi connectivity index (χ0v) is 18.5. The van der Waals surface area contributed by atoms with E-state index in [0.717, 1.165) is 64.2 Å². The van der Waals surface area contributed by atoms with E-state index in [0.29, 0.717) is 30.6 Å². The molecular weight excluding hydrogens is 408 g/mol. The highest BCUT2D eigenvalue weighted by molar-refractivity contribution is 6.05. The predicted octanol–water partition coefficient (Wildman–Crippen LogP) is 1.04. The van der Waals surface area contributed by atoms with Crippen LogP contribution in [0, 0.1) is 5.92 Å². The third-order valence-electron chi connectivity index (χ3n) is 7.28. The number of amides is 3. The van der Waals surface area contributed by atoms with Crippen molar-refractivity contribution >= 4 is 17.7 Å². The average molecular weight is 441 g/mol. The molecule has 1 aromatic rings. The molecule has 0 spiro atoms. The molecule has 3 saturated heterocycles. The van der Waals surface area contributed by atoms with Crippen molar-refractivity contribution in [1.29, 1.82) is 0 Å². The number of imide groups is 1. The summed E-state index contributed by atoms with van der Waals surface area (Å²) in [6.07, 6.45) is 4.51. The van der Waals surface area contributed by atoms with Gasteiger partial charge in [0.05, 0.1) is 6.10 Å². The molecule has 2 unspecified atom stereocenters. The van der Waals surface area contributed by atoms with E-state index in [1.54, 1.807) is 4.90 Å². The van der Waals surface area contributed by atoms with Crippen LogP contribution in [0.3, 0.4) is 0 Å². The first kappa shape index (κ1) is 21.6. The Balaban J connectivity index is 1.14. The van der Waals surface area contributed by atoms with Gasteiger partial charge in [-0.05, 0) is 68.4 Å². The van der Waals surface area contributed by atoms with Gasteiger partial charge in [-0.3, -0.25) is 24.6 Å². The van der Waals surface area contributed by atoms with Gasteiger partial charge in [-0.25, -0.2) is 0 Å². The maximum atomic E-state index is 12.9. The number of benzene rings is 1. The number of fused-ring (bicyclic) bond motifs is 1. The van der Waals surface area contributed by atoms with Crippen LogP contribution in [-0.4, -0.2) is 72.5 Å². The molecule has 8 nitrogen and oxygen atoms in total. The van der Waals surface area contributed by atoms with Crippen molar-refractivity contribution in [3.05, 3.63) is 34.9 Å². The molecular formula is C24H32N4O4. The minimum Gasteiger partial charge on any atom is -0.377 e. The molecule has 0 saturated carbocycles. The monoisotopic (exact) mass is 440 g/mol. The number of carbonyl (C=O) groups excluding carboxylic acids is 3. The van der Waals surface area contributed by atoms with Crippen molar-refractivity contribution in [3.8, 4) is 0 Å². The van der Waals surface area contributed by atoms with Crippen LogP contribution in [0.15, 0.2) is 18.2 Å². The molecule has 32 heavy (non-hydrogen) atoms. The fourth-order valence-corrected chi connectivity index (χ4v) is 5.34. The van der Waals surface area contributed by atoms with E-state index in [-0.39, 0.29) is 24.1 Å². The molecule has 2 N–H and O–H groups in total. The summed E-state index contributed by atoms with van der Waals surface area (Å²) < 4.78 is 6.07.